The van der Waals surface area contributed by atoms with Crippen LogP contribution in [0.5, 0.6) is 0 Å². The Balaban J connectivity index is 1.67. The van der Waals surface area contributed by atoms with Gasteiger partial charge in [-0.2, -0.15) is 0 Å². The van der Waals surface area contributed by atoms with Gasteiger partial charge in [-0.25, -0.2) is 4.68 Å². The summed E-state index contributed by atoms with van der Waals surface area (Å²) in [7, 11) is 0. The molecule has 0 bridgehead atoms. The Labute approximate surface area is 89.2 Å². The van der Waals surface area contributed by atoms with Crippen LogP contribution in [0, 0.1) is 5.92 Å². The zero-order valence-electron chi connectivity index (χ0n) is 8.89. The van der Waals surface area contributed by atoms with E-state index in [0.29, 0.717) is 5.92 Å². The van der Waals surface area contributed by atoms with E-state index in [2.05, 4.69) is 20.8 Å². The molecular weight excluding hydrogens is 190 g/mol. The van der Waals surface area contributed by atoms with Crippen molar-refractivity contribution in [2.24, 2.45) is 5.92 Å². The second-order valence-electron chi connectivity index (χ2n) is 4.69. The molecule has 0 spiro atoms. The maximum atomic E-state index is 4.13. The highest BCUT2D eigenvalue weighted by atomic mass is 15.5. The molecule has 1 aliphatic heterocycles. The van der Waals surface area contributed by atoms with Crippen LogP contribution >= 0.6 is 0 Å². The number of rotatable bonds is 3. The van der Waals surface area contributed by atoms with Crippen LogP contribution in [0.4, 0.5) is 0 Å². The van der Waals surface area contributed by atoms with Gasteiger partial charge in [-0.3, -0.25) is 0 Å². The highest BCUT2D eigenvalue weighted by Gasteiger charge is 2.30. The molecule has 1 aromatic rings. The van der Waals surface area contributed by atoms with Crippen LogP contribution in [0.25, 0.3) is 0 Å². The number of tetrazole rings is 1. The van der Waals surface area contributed by atoms with E-state index in [9.17, 15) is 0 Å². The van der Waals surface area contributed by atoms with Crippen molar-refractivity contribution < 1.29 is 0 Å². The van der Waals surface area contributed by atoms with Crippen LogP contribution < -0.4 is 5.32 Å². The Morgan fingerprint density at radius 2 is 2.00 bits per heavy atom. The van der Waals surface area contributed by atoms with Gasteiger partial charge in [-0.05, 0) is 55.1 Å². The normalized spacial score (nSPS) is 23.2. The van der Waals surface area contributed by atoms with E-state index in [0.717, 1.165) is 31.4 Å². The minimum Gasteiger partial charge on any atom is -0.317 e. The minimum atomic E-state index is 0.654. The third kappa shape index (κ3) is 2.02. The van der Waals surface area contributed by atoms with Crippen LogP contribution in [0.15, 0.2) is 0 Å². The minimum absolute atomic E-state index is 0.654. The van der Waals surface area contributed by atoms with E-state index in [1.165, 1.54) is 25.7 Å². The first kappa shape index (κ1) is 9.27. The molecule has 0 radical (unpaired) electrons. The van der Waals surface area contributed by atoms with Crippen molar-refractivity contribution in [2.75, 3.05) is 13.1 Å². The average Bonchev–Trinajstić information content (AvgIpc) is 3.02. The summed E-state index contributed by atoms with van der Waals surface area (Å²) >= 11 is 0. The molecule has 82 valence electrons. The highest BCUT2D eigenvalue weighted by Crippen LogP contribution is 2.38. The summed E-state index contributed by atoms with van der Waals surface area (Å²) in [6.45, 7) is 3.30. The maximum absolute atomic E-state index is 4.13. The van der Waals surface area contributed by atoms with Crippen molar-refractivity contribution in [2.45, 2.75) is 38.1 Å². The lowest BCUT2D eigenvalue weighted by Crippen LogP contribution is -2.30. The van der Waals surface area contributed by atoms with Crippen molar-refractivity contribution >= 4 is 0 Å². The molecule has 5 heteroatoms. The molecule has 0 unspecified atom stereocenters. The van der Waals surface area contributed by atoms with E-state index in [-0.39, 0.29) is 0 Å². The summed E-state index contributed by atoms with van der Waals surface area (Å²) in [6, 6.07) is 0. The van der Waals surface area contributed by atoms with Crippen molar-refractivity contribution in [1.29, 1.82) is 0 Å². The molecule has 2 aliphatic rings. The molecule has 5 nitrogen and oxygen atoms in total. The van der Waals surface area contributed by atoms with Crippen LogP contribution in [-0.2, 0) is 6.54 Å². The van der Waals surface area contributed by atoms with E-state index in [1.54, 1.807) is 0 Å². The Morgan fingerprint density at radius 1 is 1.20 bits per heavy atom. The van der Waals surface area contributed by atoms with Gasteiger partial charge in [0, 0.05) is 12.5 Å². The third-order valence-corrected chi connectivity index (χ3v) is 3.39. The van der Waals surface area contributed by atoms with Crippen LogP contribution in [0.3, 0.4) is 0 Å². The first-order valence-corrected chi connectivity index (χ1v) is 5.90. The smallest absolute Gasteiger partial charge is 0.154 e. The van der Waals surface area contributed by atoms with E-state index < -0.39 is 0 Å². The lowest BCUT2D eigenvalue weighted by atomic mass is 9.98. The molecule has 1 aliphatic carbocycles. The molecule has 2 heterocycles. The standard InChI is InChI=1S/C10H17N5/c1-2-9(1)10-12-13-14-15(10)7-8-3-5-11-6-4-8/h8-9,11H,1-7H2. The lowest BCUT2D eigenvalue weighted by molar-refractivity contribution is 0.314. The fourth-order valence-corrected chi connectivity index (χ4v) is 2.28. The summed E-state index contributed by atoms with van der Waals surface area (Å²) in [6.07, 6.45) is 5.05. The number of hydrogen-bond donors (Lipinski definition) is 1. The first-order valence-electron chi connectivity index (χ1n) is 5.90. The van der Waals surface area contributed by atoms with Crippen molar-refractivity contribution in [3.63, 3.8) is 0 Å². The zero-order chi connectivity index (χ0) is 10.1. The summed E-state index contributed by atoms with van der Waals surface area (Å²) in [5.41, 5.74) is 0. The molecule has 1 N–H and O–H groups in total. The Morgan fingerprint density at radius 3 is 2.73 bits per heavy atom. The van der Waals surface area contributed by atoms with E-state index in [1.807, 2.05) is 4.68 Å². The summed E-state index contributed by atoms with van der Waals surface area (Å²) < 4.78 is 2.04. The Bertz CT molecular complexity index is 324. The van der Waals surface area contributed by atoms with Gasteiger partial charge in [0.05, 0.1) is 0 Å². The van der Waals surface area contributed by atoms with Gasteiger partial charge in [0.2, 0.25) is 0 Å². The monoisotopic (exact) mass is 207 g/mol. The van der Waals surface area contributed by atoms with Gasteiger partial charge in [0.25, 0.3) is 0 Å². The van der Waals surface area contributed by atoms with Gasteiger partial charge < -0.3 is 5.32 Å². The molecule has 0 amide bonds. The van der Waals surface area contributed by atoms with Crippen molar-refractivity contribution in [3.05, 3.63) is 5.82 Å². The van der Waals surface area contributed by atoms with Crippen LogP contribution in [0.1, 0.15) is 37.4 Å². The second-order valence-corrected chi connectivity index (χ2v) is 4.69. The number of aromatic nitrogens is 4. The van der Waals surface area contributed by atoms with Gasteiger partial charge in [0.15, 0.2) is 5.82 Å². The zero-order valence-corrected chi connectivity index (χ0v) is 8.89. The van der Waals surface area contributed by atoms with Gasteiger partial charge in [-0.15, -0.1) is 5.10 Å². The number of nitrogens with zero attached hydrogens (tertiary/aromatic N) is 4. The molecule has 2 fully saturated rings. The number of nitrogens with one attached hydrogen (secondary N) is 1. The second kappa shape index (κ2) is 3.89. The van der Waals surface area contributed by atoms with Crippen LogP contribution in [-0.4, -0.2) is 33.3 Å². The third-order valence-electron chi connectivity index (χ3n) is 3.39. The number of hydrogen-bond acceptors (Lipinski definition) is 4. The molecule has 1 saturated heterocycles. The predicted octanol–water partition coefficient (Wildman–Crippen LogP) is 0.550. The topological polar surface area (TPSA) is 55.6 Å². The van der Waals surface area contributed by atoms with Gasteiger partial charge >= 0.3 is 0 Å². The quantitative estimate of drug-likeness (QED) is 0.786. The number of piperidine rings is 1. The molecule has 3 rings (SSSR count). The molecule has 0 aromatic carbocycles. The molecule has 1 saturated carbocycles. The fourth-order valence-electron chi connectivity index (χ4n) is 2.28. The molecule has 15 heavy (non-hydrogen) atoms. The largest absolute Gasteiger partial charge is 0.317 e. The molecular formula is C10H17N5. The Hall–Kier alpha value is -0.970. The van der Waals surface area contributed by atoms with E-state index in [4.69, 9.17) is 0 Å². The summed E-state index contributed by atoms with van der Waals surface area (Å²) in [5, 5.41) is 15.4. The van der Waals surface area contributed by atoms with Crippen LogP contribution in [0.2, 0.25) is 0 Å². The molecule has 0 atom stereocenters. The SMILES string of the molecule is C1CC(Cn2nnnc2C2CC2)CCN1. The Kier molecular flexibility index (Phi) is 2.40. The predicted molar refractivity (Wildman–Crippen MR) is 55.4 cm³/mol. The highest BCUT2D eigenvalue weighted by molar-refractivity contribution is 5.02. The lowest BCUT2D eigenvalue weighted by Gasteiger charge is -2.22. The first-order chi connectivity index (χ1) is 7.43. The van der Waals surface area contributed by atoms with Gasteiger partial charge in [-0.1, -0.05) is 0 Å². The van der Waals surface area contributed by atoms with Crippen molar-refractivity contribution in [1.82, 2.24) is 25.5 Å². The fraction of sp³-hybridized carbons (Fsp3) is 0.900. The maximum Gasteiger partial charge on any atom is 0.154 e. The summed E-state index contributed by atoms with van der Waals surface area (Å²) in [5.74, 6) is 2.53. The van der Waals surface area contributed by atoms with Crippen molar-refractivity contribution in [3.8, 4) is 0 Å². The van der Waals surface area contributed by atoms with E-state index >= 15 is 0 Å². The summed E-state index contributed by atoms with van der Waals surface area (Å²) in [4.78, 5) is 0. The average molecular weight is 207 g/mol. The van der Waals surface area contributed by atoms with Gasteiger partial charge in [0.1, 0.15) is 0 Å². The molecule has 1 aromatic heterocycles.